The van der Waals surface area contributed by atoms with Gasteiger partial charge in [-0.25, -0.2) is 4.98 Å². The fourth-order valence-electron chi connectivity index (χ4n) is 1.27. The van der Waals surface area contributed by atoms with Gasteiger partial charge in [-0.1, -0.05) is 41.7 Å². The topological polar surface area (TPSA) is 62.2 Å². The van der Waals surface area contributed by atoms with E-state index in [0.29, 0.717) is 5.00 Å². The standard InChI is InChI=1S/C12H12N2O2S/c1-8(15)11(16)14-10-7-13-12(17-10)9-5-3-2-4-6-9/h2-8,15H,1H3,(H,14,16). The number of thiazole rings is 1. The molecule has 1 aromatic carbocycles. The van der Waals surface area contributed by atoms with Crippen LogP contribution in [0.2, 0.25) is 0 Å². The molecule has 0 aliphatic carbocycles. The second-order valence-electron chi connectivity index (χ2n) is 3.56. The van der Waals surface area contributed by atoms with Crippen molar-refractivity contribution in [2.45, 2.75) is 13.0 Å². The van der Waals surface area contributed by atoms with Crippen LogP contribution < -0.4 is 5.32 Å². The molecule has 88 valence electrons. The number of carbonyl (C=O) groups excluding carboxylic acids is 1. The maximum atomic E-state index is 11.3. The predicted molar refractivity (Wildman–Crippen MR) is 67.9 cm³/mol. The van der Waals surface area contributed by atoms with Gasteiger partial charge in [0.15, 0.2) is 0 Å². The van der Waals surface area contributed by atoms with Crippen molar-refractivity contribution in [2.24, 2.45) is 0 Å². The molecule has 2 aromatic rings. The summed E-state index contributed by atoms with van der Waals surface area (Å²) in [4.78, 5) is 15.5. The number of rotatable bonds is 3. The number of hydrogen-bond acceptors (Lipinski definition) is 4. The van der Waals surface area contributed by atoms with Crippen LogP contribution in [0.4, 0.5) is 5.00 Å². The van der Waals surface area contributed by atoms with Crippen LogP contribution in [0, 0.1) is 0 Å². The Hall–Kier alpha value is -1.72. The summed E-state index contributed by atoms with van der Waals surface area (Å²) in [7, 11) is 0. The van der Waals surface area contributed by atoms with Crippen molar-refractivity contribution in [3.8, 4) is 10.6 Å². The number of nitrogens with one attached hydrogen (secondary N) is 1. The summed E-state index contributed by atoms with van der Waals surface area (Å²) in [6.45, 7) is 1.43. The minimum atomic E-state index is -1.02. The highest BCUT2D eigenvalue weighted by molar-refractivity contribution is 7.19. The third-order valence-electron chi connectivity index (χ3n) is 2.15. The van der Waals surface area contributed by atoms with E-state index >= 15 is 0 Å². The highest BCUT2D eigenvalue weighted by Crippen LogP contribution is 2.28. The van der Waals surface area contributed by atoms with Crippen LogP contribution in [0.25, 0.3) is 10.6 Å². The molecule has 1 heterocycles. The summed E-state index contributed by atoms with van der Waals surface area (Å²) in [5, 5.41) is 13.2. The molecule has 0 radical (unpaired) electrons. The molecule has 0 bridgehead atoms. The summed E-state index contributed by atoms with van der Waals surface area (Å²) in [5.41, 5.74) is 1.01. The maximum Gasteiger partial charge on any atom is 0.253 e. The second-order valence-corrected chi connectivity index (χ2v) is 4.59. The number of amides is 1. The first-order chi connectivity index (χ1) is 8.16. The summed E-state index contributed by atoms with van der Waals surface area (Å²) in [6.07, 6.45) is 0.574. The molecule has 1 unspecified atom stereocenters. The molecule has 0 aliphatic rings. The Morgan fingerprint density at radius 2 is 2.12 bits per heavy atom. The number of anilines is 1. The first kappa shape index (κ1) is 11.8. The normalized spacial score (nSPS) is 12.1. The van der Waals surface area contributed by atoms with Crippen molar-refractivity contribution in [3.63, 3.8) is 0 Å². The zero-order valence-electron chi connectivity index (χ0n) is 9.25. The summed E-state index contributed by atoms with van der Waals surface area (Å²) >= 11 is 1.38. The van der Waals surface area contributed by atoms with Crippen LogP contribution in [-0.4, -0.2) is 22.1 Å². The van der Waals surface area contributed by atoms with Gasteiger partial charge in [0.2, 0.25) is 0 Å². The molecule has 5 heteroatoms. The van der Waals surface area contributed by atoms with Crippen LogP contribution in [0.5, 0.6) is 0 Å². The van der Waals surface area contributed by atoms with Gasteiger partial charge < -0.3 is 10.4 Å². The molecule has 1 atom stereocenters. The largest absolute Gasteiger partial charge is 0.384 e. The molecule has 17 heavy (non-hydrogen) atoms. The van der Waals surface area contributed by atoms with Gasteiger partial charge >= 0.3 is 0 Å². The lowest BCUT2D eigenvalue weighted by Gasteiger charge is -2.02. The second kappa shape index (κ2) is 5.07. The molecule has 0 saturated carbocycles. The van der Waals surface area contributed by atoms with Crippen LogP contribution in [0.3, 0.4) is 0 Å². The summed E-state index contributed by atoms with van der Waals surface area (Å²) in [5.74, 6) is -0.423. The Kier molecular flexibility index (Phi) is 3.51. The van der Waals surface area contributed by atoms with E-state index in [2.05, 4.69) is 10.3 Å². The molecular weight excluding hydrogens is 236 g/mol. The predicted octanol–water partition coefficient (Wildman–Crippen LogP) is 2.13. The van der Waals surface area contributed by atoms with Crippen LogP contribution in [-0.2, 0) is 4.79 Å². The molecular formula is C12H12N2O2S. The average molecular weight is 248 g/mol. The highest BCUT2D eigenvalue weighted by atomic mass is 32.1. The zero-order chi connectivity index (χ0) is 12.3. The Morgan fingerprint density at radius 1 is 1.41 bits per heavy atom. The van der Waals surface area contributed by atoms with E-state index in [9.17, 15) is 4.79 Å². The highest BCUT2D eigenvalue weighted by Gasteiger charge is 2.11. The van der Waals surface area contributed by atoms with Gasteiger partial charge in [-0.05, 0) is 6.92 Å². The molecule has 2 N–H and O–H groups in total. The molecule has 1 aromatic heterocycles. The van der Waals surface area contributed by atoms with Crippen molar-refractivity contribution in [1.29, 1.82) is 0 Å². The van der Waals surface area contributed by atoms with E-state index < -0.39 is 12.0 Å². The van der Waals surface area contributed by atoms with Gasteiger partial charge in [0.1, 0.15) is 16.1 Å². The number of nitrogens with zero attached hydrogens (tertiary/aromatic N) is 1. The number of hydrogen-bond donors (Lipinski definition) is 2. The number of aliphatic hydroxyl groups excluding tert-OH is 1. The van der Waals surface area contributed by atoms with Gasteiger partial charge in [0.25, 0.3) is 5.91 Å². The number of benzene rings is 1. The smallest absolute Gasteiger partial charge is 0.253 e. The van der Waals surface area contributed by atoms with Crippen molar-refractivity contribution in [2.75, 3.05) is 5.32 Å². The Morgan fingerprint density at radius 3 is 2.76 bits per heavy atom. The summed E-state index contributed by atoms with van der Waals surface area (Å²) in [6, 6.07) is 9.72. The lowest BCUT2D eigenvalue weighted by Crippen LogP contribution is -2.23. The van der Waals surface area contributed by atoms with Gasteiger partial charge in [-0.2, -0.15) is 0 Å². The lowest BCUT2D eigenvalue weighted by atomic mass is 10.2. The Labute approximate surface area is 103 Å². The van der Waals surface area contributed by atoms with Crippen LogP contribution in [0.1, 0.15) is 6.92 Å². The molecule has 0 aliphatic heterocycles. The lowest BCUT2D eigenvalue weighted by molar-refractivity contribution is -0.123. The Bertz CT molecular complexity index is 508. The minimum Gasteiger partial charge on any atom is -0.384 e. The van der Waals surface area contributed by atoms with E-state index in [1.165, 1.54) is 18.3 Å². The quantitative estimate of drug-likeness (QED) is 0.874. The molecule has 0 saturated heterocycles. The fourth-order valence-corrected chi connectivity index (χ4v) is 2.10. The van der Waals surface area contributed by atoms with Gasteiger partial charge in [0, 0.05) is 5.56 Å². The fraction of sp³-hybridized carbons (Fsp3) is 0.167. The van der Waals surface area contributed by atoms with Crippen molar-refractivity contribution < 1.29 is 9.90 Å². The van der Waals surface area contributed by atoms with Crippen molar-refractivity contribution in [1.82, 2.24) is 4.98 Å². The molecule has 1 amide bonds. The summed E-state index contributed by atoms with van der Waals surface area (Å²) < 4.78 is 0. The maximum absolute atomic E-state index is 11.3. The van der Waals surface area contributed by atoms with E-state index in [-0.39, 0.29) is 0 Å². The van der Waals surface area contributed by atoms with Gasteiger partial charge in [0.05, 0.1) is 6.20 Å². The molecule has 4 nitrogen and oxygen atoms in total. The van der Waals surface area contributed by atoms with Crippen molar-refractivity contribution in [3.05, 3.63) is 36.5 Å². The zero-order valence-corrected chi connectivity index (χ0v) is 10.1. The van der Waals surface area contributed by atoms with Crippen LogP contribution in [0.15, 0.2) is 36.5 Å². The first-order valence-electron chi connectivity index (χ1n) is 5.17. The van der Waals surface area contributed by atoms with Crippen LogP contribution >= 0.6 is 11.3 Å². The van der Waals surface area contributed by atoms with E-state index in [1.54, 1.807) is 6.20 Å². The SMILES string of the molecule is CC(O)C(=O)Nc1cnc(-c2ccccc2)s1. The van der Waals surface area contributed by atoms with E-state index in [1.807, 2.05) is 30.3 Å². The van der Waals surface area contributed by atoms with E-state index in [4.69, 9.17) is 5.11 Å². The van der Waals surface area contributed by atoms with E-state index in [0.717, 1.165) is 10.6 Å². The monoisotopic (exact) mass is 248 g/mol. The number of carbonyl (C=O) groups is 1. The number of aliphatic hydroxyl groups is 1. The van der Waals surface area contributed by atoms with Crippen molar-refractivity contribution >= 4 is 22.2 Å². The molecule has 0 fully saturated rings. The van der Waals surface area contributed by atoms with Gasteiger partial charge in [-0.3, -0.25) is 4.79 Å². The Balaban J connectivity index is 2.14. The number of aromatic nitrogens is 1. The average Bonchev–Trinajstić information content (AvgIpc) is 2.78. The molecule has 0 spiro atoms. The third kappa shape index (κ3) is 2.89. The van der Waals surface area contributed by atoms with Gasteiger partial charge in [-0.15, -0.1) is 0 Å². The first-order valence-corrected chi connectivity index (χ1v) is 5.98. The third-order valence-corrected chi connectivity index (χ3v) is 3.11. The molecule has 2 rings (SSSR count). The minimum absolute atomic E-state index is 0.423.